The van der Waals surface area contributed by atoms with E-state index < -0.39 is 0 Å². The van der Waals surface area contributed by atoms with E-state index in [1.165, 1.54) is 0 Å². The number of likely N-dealkylation sites (N-methyl/N-ethyl adjacent to an activating group) is 1. The summed E-state index contributed by atoms with van der Waals surface area (Å²) in [5.41, 5.74) is 0.443. The number of amides is 1. The summed E-state index contributed by atoms with van der Waals surface area (Å²) in [7, 11) is 0. The van der Waals surface area contributed by atoms with Gasteiger partial charge in [0, 0.05) is 38.4 Å². The van der Waals surface area contributed by atoms with Crippen LogP contribution in [-0.4, -0.2) is 59.5 Å². The number of rotatable bonds is 5. The molecule has 6 heteroatoms. The minimum absolute atomic E-state index is 0.125. The average molecular weight is 291 g/mol. The van der Waals surface area contributed by atoms with Crippen LogP contribution in [0.5, 0.6) is 0 Å². The van der Waals surface area contributed by atoms with E-state index in [1.54, 1.807) is 12.3 Å². The summed E-state index contributed by atoms with van der Waals surface area (Å²) >= 11 is 0. The molecule has 0 spiro atoms. The van der Waals surface area contributed by atoms with Gasteiger partial charge >= 0.3 is 0 Å². The highest BCUT2D eigenvalue weighted by molar-refractivity contribution is 5.92. The molecule has 0 radical (unpaired) electrons. The first-order valence-electron chi connectivity index (χ1n) is 7.75. The summed E-state index contributed by atoms with van der Waals surface area (Å²) in [6.45, 7) is 11.1. The van der Waals surface area contributed by atoms with Gasteiger partial charge in [0.1, 0.15) is 5.69 Å². The summed E-state index contributed by atoms with van der Waals surface area (Å²) in [5.74, 6) is 0.530. The van der Waals surface area contributed by atoms with Crippen LogP contribution < -0.4 is 10.2 Å². The molecule has 1 aliphatic heterocycles. The Bertz CT molecular complexity index is 471. The molecule has 1 amide bonds. The van der Waals surface area contributed by atoms with E-state index in [-0.39, 0.29) is 11.9 Å². The van der Waals surface area contributed by atoms with Crippen LogP contribution in [0.25, 0.3) is 0 Å². The van der Waals surface area contributed by atoms with E-state index in [0.29, 0.717) is 11.6 Å². The van der Waals surface area contributed by atoms with Gasteiger partial charge in [-0.15, -0.1) is 0 Å². The predicted octanol–water partition coefficient (Wildman–Crippen LogP) is 1.15. The fraction of sp³-hybridized carbons (Fsp3) is 0.667. The zero-order valence-corrected chi connectivity index (χ0v) is 13.2. The van der Waals surface area contributed by atoms with Gasteiger partial charge in [0.15, 0.2) is 0 Å². The van der Waals surface area contributed by atoms with Gasteiger partial charge in [0.05, 0.1) is 0 Å². The van der Waals surface area contributed by atoms with Crippen molar-refractivity contribution in [1.29, 1.82) is 0 Å². The van der Waals surface area contributed by atoms with Crippen molar-refractivity contribution in [3.63, 3.8) is 0 Å². The Morgan fingerprint density at radius 2 is 2.05 bits per heavy atom. The number of hydrogen-bond donors (Lipinski definition) is 1. The van der Waals surface area contributed by atoms with Crippen molar-refractivity contribution < 1.29 is 4.79 Å². The van der Waals surface area contributed by atoms with Crippen LogP contribution >= 0.6 is 0 Å². The highest BCUT2D eigenvalue weighted by Gasteiger charge is 2.19. The SMILES string of the molecule is CCC(C)NC(=O)c1ccnc(N2CCN(CC)CC2)n1. The standard InChI is InChI=1S/C15H25N5O/c1-4-12(3)17-14(21)13-6-7-16-15(18-13)20-10-8-19(5-2)9-11-20/h6-7,12H,4-5,8-11H2,1-3H3,(H,17,21). The lowest BCUT2D eigenvalue weighted by atomic mass is 10.2. The maximum absolute atomic E-state index is 12.1. The molecule has 0 aliphatic carbocycles. The predicted molar refractivity (Wildman–Crippen MR) is 83.6 cm³/mol. The van der Waals surface area contributed by atoms with Crippen molar-refractivity contribution in [2.75, 3.05) is 37.6 Å². The number of carbonyl (C=O) groups is 1. The molecule has 0 aromatic carbocycles. The monoisotopic (exact) mass is 291 g/mol. The molecule has 0 saturated carbocycles. The minimum atomic E-state index is -0.125. The quantitative estimate of drug-likeness (QED) is 0.881. The van der Waals surface area contributed by atoms with Gasteiger partial charge in [-0.05, 0) is 26.0 Å². The normalized spacial score (nSPS) is 17.6. The number of nitrogens with zero attached hydrogens (tertiary/aromatic N) is 4. The molecule has 1 atom stereocenters. The van der Waals surface area contributed by atoms with Gasteiger partial charge in [0.25, 0.3) is 5.91 Å². The minimum Gasteiger partial charge on any atom is -0.348 e. The maximum Gasteiger partial charge on any atom is 0.270 e. The number of nitrogens with one attached hydrogen (secondary N) is 1. The van der Waals surface area contributed by atoms with E-state index in [2.05, 4.69) is 32.0 Å². The van der Waals surface area contributed by atoms with Crippen molar-refractivity contribution >= 4 is 11.9 Å². The third-order valence-electron chi connectivity index (χ3n) is 3.97. The number of aromatic nitrogens is 2. The Hall–Kier alpha value is -1.69. The van der Waals surface area contributed by atoms with Gasteiger partial charge in [0.2, 0.25) is 5.95 Å². The lowest BCUT2D eigenvalue weighted by molar-refractivity contribution is 0.0934. The molecule has 1 aliphatic rings. The average Bonchev–Trinajstić information content (AvgIpc) is 2.55. The highest BCUT2D eigenvalue weighted by Crippen LogP contribution is 2.11. The smallest absolute Gasteiger partial charge is 0.270 e. The van der Waals surface area contributed by atoms with E-state index in [9.17, 15) is 4.79 Å². The third kappa shape index (κ3) is 4.14. The number of anilines is 1. The lowest BCUT2D eigenvalue weighted by Crippen LogP contribution is -2.47. The first kappa shape index (κ1) is 15.7. The Labute approximate surface area is 126 Å². The van der Waals surface area contributed by atoms with E-state index in [1.807, 2.05) is 13.8 Å². The first-order valence-corrected chi connectivity index (χ1v) is 7.75. The fourth-order valence-electron chi connectivity index (χ4n) is 2.29. The molecular formula is C15H25N5O. The van der Waals surface area contributed by atoms with Crippen LogP contribution in [0, 0.1) is 0 Å². The van der Waals surface area contributed by atoms with Gasteiger partial charge in [-0.3, -0.25) is 4.79 Å². The summed E-state index contributed by atoms with van der Waals surface area (Å²) in [4.78, 5) is 25.4. The Morgan fingerprint density at radius 3 is 2.67 bits per heavy atom. The molecule has 21 heavy (non-hydrogen) atoms. The molecular weight excluding hydrogens is 266 g/mol. The molecule has 1 aromatic heterocycles. The van der Waals surface area contributed by atoms with Crippen molar-refractivity contribution in [3.8, 4) is 0 Å². The van der Waals surface area contributed by atoms with Crippen LogP contribution in [0.1, 0.15) is 37.7 Å². The van der Waals surface area contributed by atoms with Gasteiger partial charge in [-0.2, -0.15) is 0 Å². The Balaban J connectivity index is 2.02. The molecule has 6 nitrogen and oxygen atoms in total. The van der Waals surface area contributed by atoms with Crippen molar-refractivity contribution in [1.82, 2.24) is 20.2 Å². The summed E-state index contributed by atoms with van der Waals surface area (Å²) < 4.78 is 0. The number of carbonyl (C=O) groups excluding carboxylic acids is 1. The first-order chi connectivity index (χ1) is 10.1. The zero-order chi connectivity index (χ0) is 15.2. The molecule has 1 aromatic rings. The highest BCUT2D eigenvalue weighted by atomic mass is 16.1. The Kier molecular flexibility index (Phi) is 5.50. The molecule has 0 bridgehead atoms. The van der Waals surface area contributed by atoms with Crippen LogP contribution in [0.3, 0.4) is 0 Å². The lowest BCUT2D eigenvalue weighted by Gasteiger charge is -2.34. The topological polar surface area (TPSA) is 61.4 Å². The van der Waals surface area contributed by atoms with E-state index in [4.69, 9.17) is 0 Å². The van der Waals surface area contributed by atoms with Crippen LogP contribution in [0.2, 0.25) is 0 Å². The maximum atomic E-state index is 12.1. The molecule has 1 N–H and O–H groups in total. The largest absolute Gasteiger partial charge is 0.348 e. The third-order valence-corrected chi connectivity index (χ3v) is 3.97. The van der Waals surface area contributed by atoms with E-state index >= 15 is 0 Å². The second kappa shape index (κ2) is 7.36. The van der Waals surface area contributed by atoms with Crippen LogP contribution in [-0.2, 0) is 0 Å². The molecule has 1 saturated heterocycles. The summed E-state index contributed by atoms with van der Waals surface area (Å²) in [5, 5.41) is 2.94. The molecule has 1 unspecified atom stereocenters. The molecule has 2 heterocycles. The molecule has 116 valence electrons. The Morgan fingerprint density at radius 1 is 1.33 bits per heavy atom. The second-order valence-corrected chi connectivity index (χ2v) is 5.45. The van der Waals surface area contributed by atoms with Crippen molar-refractivity contribution in [2.24, 2.45) is 0 Å². The number of piperazine rings is 1. The van der Waals surface area contributed by atoms with E-state index in [0.717, 1.165) is 39.1 Å². The molecule has 1 fully saturated rings. The summed E-state index contributed by atoms with van der Waals surface area (Å²) in [6.07, 6.45) is 2.57. The molecule has 2 rings (SSSR count). The van der Waals surface area contributed by atoms with Crippen molar-refractivity contribution in [2.45, 2.75) is 33.2 Å². The number of hydrogen-bond acceptors (Lipinski definition) is 5. The van der Waals surface area contributed by atoms with Crippen LogP contribution in [0.4, 0.5) is 5.95 Å². The van der Waals surface area contributed by atoms with Gasteiger partial charge in [-0.1, -0.05) is 13.8 Å². The van der Waals surface area contributed by atoms with Gasteiger partial charge < -0.3 is 15.1 Å². The van der Waals surface area contributed by atoms with Crippen LogP contribution in [0.15, 0.2) is 12.3 Å². The summed E-state index contributed by atoms with van der Waals surface area (Å²) in [6, 6.07) is 1.83. The van der Waals surface area contributed by atoms with Gasteiger partial charge in [-0.25, -0.2) is 9.97 Å². The zero-order valence-electron chi connectivity index (χ0n) is 13.2. The van der Waals surface area contributed by atoms with Crippen molar-refractivity contribution in [3.05, 3.63) is 18.0 Å². The fourth-order valence-corrected chi connectivity index (χ4v) is 2.29. The second-order valence-electron chi connectivity index (χ2n) is 5.45.